The van der Waals surface area contributed by atoms with Crippen molar-refractivity contribution in [3.8, 4) is 17.1 Å². The first-order chi connectivity index (χ1) is 9.01. The summed E-state index contributed by atoms with van der Waals surface area (Å²) in [7, 11) is 1.56. The number of carboxylic acids is 1. The van der Waals surface area contributed by atoms with E-state index in [1.165, 1.54) is 6.07 Å². The number of rotatable bonds is 3. The average molecular weight is 258 g/mol. The fourth-order valence-corrected chi connectivity index (χ4v) is 1.80. The summed E-state index contributed by atoms with van der Waals surface area (Å²) in [6, 6.07) is 7.04. The molecule has 0 saturated carbocycles. The summed E-state index contributed by atoms with van der Waals surface area (Å²) in [6.07, 6.45) is 0. The zero-order valence-electron chi connectivity index (χ0n) is 11.0. The zero-order chi connectivity index (χ0) is 14.0. The Labute approximate surface area is 110 Å². The Balaban J connectivity index is 2.64. The number of hydrogen-bond donors (Lipinski definition) is 1. The van der Waals surface area contributed by atoms with Crippen LogP contribution in [-0.2, 0) is 0 Å². The van der Waals surface area contributed by atoms with Crippen molar-refractivity contribution in [1.29, 1.82) is 0 Å². The van der Waals surface area contributed by atoms with Gasteiger partial charge in [-0.15, -0.1) is 0 Å². The maximum Gasteiger partial charge on any atom is 0.354 e. The van der Waals surface area contributed by atoms with Crippen LogP contribution in [0.3, 0.4) is 0 Å². The molecule has 0 amide bonds. The van der Waals surface area contributed by atoms with Crippen LogP contribution in [0.1, 0.15) is 21.7 Å². The third-order valence-electron chi connectivity index (χ3n) is 2.67. The summed E-state index contributed by atoms with van der Waals surface area (Å²) in [5.41, 5.74) is 2.29. The lowest BCUT2D eigenvalue weighted by Gasteiger charge is -2.09. The maximum absolute atomic E-state index is 11.0. The second-order valence-corrected chi connectivity index (χ2v) is 4.23. The van der Waals surface area contributed by atoms with Crippen LogP contribution < -0.4 is 4.74 Å². The van der Waals surface area contributed by atoms with E-state index in [1.807, 2.05) is 25.1 Å². The van der Waals surface area contributed by atoms with Crippen molar-refractivity contribution in [3.63, 3.8) is 0 Å². The molecule has 0 fully saturated rings. The Morgan fingerprint density at radius 1 is 1.21 bits per heavy atom. The summed E-state index contributed by atoms with van der Waals surface area (Å²) < 4.78 is 5.27. The second-order valence-electron chi connectivity index (χ2n) is 4.23. The molecule has 0 atom stereocenters. The van der Waals surface area contributed by atoms with Gasteiger partial charge in [-0.25, -0.2) is 14.8 Å². The van der Waals surface area contributed by atoms with Gasteiger partial charge in [0, 0.05) is 5.69 Å². The van der Waals surface area contributed by atoms with Gasteiger partial charge in [0.25, 0.3) is 0 Å². The molecule has 2 rings (SSSR count). The van der Waals surface area contributed by atoms with E-state index in [0.717, 1.165) is 5.56 Å². The number of benzene rings is 1. The monoisotopic (exact) mass is 258 g/mol. The molecular formula is C14H14N2O3. The molecular weight excluding hydrogens is 244 g/mol. The highest BCUT2D eigenvalue weighted by Crippen LogP contribution is 2.28. The molecule has 5 heteroatoms. The Morgan fingerprint density at radius 2 is 1.95 bits per heavy atom. The lowest BCUT2D eigenvalue weighted by Crippen LogP contribution is -2.05. The molecule has 0 spiro atoms. The molecule has 2 aromatic rings. The van der Waals surface area contributed by atoms with Gasteiger partial charge in [0.1, 0.15) is 5.75 Å². The van der Waals surface area contributed by atoms with Crippen LogP contribution in [-0.4, -0.2) is 28.2 Å². The molecule has 5 nitrogen and oxygen atoms in total. The highest BCUT2D eigenvalue weighted by atomic mass is 16.5. The van der Waals surface area contributed by atoms with Crippen LogP contribution in [0.2, 0.25) is 0 Å². The lowest BCUT2D eigenvalue weighted by atomic mass is 10.1. The van der Waals surface area contributed by atoms with Crippen LogP contribution in [0.15, 0.2) is 24.3 Å². The van der Waals surface area contributed by atoms with Crippen molar-refractivity contribution in [1.82, 2.24) is 9.97 Å². The van der Waals surface area contributed by atoms with E-state index in [2.05, 4.69) is 9.97 Å². The summed E-state index contributed by atoms with van der Waals surface area (Å²) in [6.45, 7) is 3.68. The first-order valence-corrected chi connectivity index (χ1v) is 5.75. The number of aromatic carboxylic acids is 1. The molecule has 19 heavy (non-hydrogen) atoms. The van der Waals surface area contributed by atoms with E-state index in [1.54, 1.807) is 14.0 Å². The van der Waals surface area contributed by atoms with E-state index in [-0.39, 0.29) is 5.69 Å². The lowest BCUT2D eigenvalue weighted by molar-refractivity contribution is 0.0690. The Bertz CT molecular complexity index is 639. The third kappa shape index (κ3) is 2.70. The Hall–Kier alpha value is -2.43. The number of ether oxygens (including phenoxy) is 1. The van der Waals surface area contributed by atoms with E-state index in [0.29, 0.717) is 22.8 Å². The van der Waals surface area contributed by atoms with Crippen molar-refractivity contribution >= 4 is 5.97 Å². The van der Waals surface area contributed by atoms with Gasteiger partial charge in [-0.2, -0.15) is 0 Å². The van der Waals surface area contributed by atoms with Crippen molar-refractivity contribution in [2.45, 2.75) is 13.8 Å². The Kier molecular flexibility index (Phi) is 3.46. The first kappa shape index (κ1) is 13.0. The van der Waals surface area contributed by atoms with Gasteiger partial charge in [0.15, 0.2) is 11.5 Å². The van der Waals surface area contributed by atoms with Crippen molar-refractivity contribution < 1.29 is 14.6 Å². The molecule has 0 unspecified atom stereocenters. The van der Waals surface area contributed by atoms with E-state index in [4.69, 9.17) is 9.84 Å². The van der Waals surface area contributed by atoms with Gasteiger partial charge in [-0.05, 0) is 32.0 Å². The first-order valence-electron chi connectivity index (χ1n) is 5.75. The van der Waals surface area contributed by atoms with Gasteiger partial charge in [0.05, 0.1) is 12.7 Å². The number of aromatic nitrogens is 2. The molecule has 0 radical (unpaired) electrons. The average Bonchev–Trinajstić information content (AvgIpc) is 2.37. The van der Waals surface area contributed by atoms with E-state index < -0.39 is 5.97 Å². The Morgan fingerprint density at radius 3 is 2.58 bits per heavy atom. The molecule has 0 aliphatic heterocycles. The highest BCUT2D eigenvalue weighted by molar-refractivity contribution is 5.86. The molecule has 1 aromatic carbocycles. The number of nitrogens with zero attached hydrogens (tertiary/aromatic N) is 2. The van der Waals surface area contributed by atoms with Crippen LogP contribution in [0, 0.1) is 13.8 Å². The molecule has 0 aliphatic rings. The predicted octanol–water partition coefficient (Wildman–Crippen LogP) is 2.47. The third-order valence-corrected chi connectivity index (χ3v) is 2.67. The number of methoxy groups -OCH3 is 1. The zero-order valence-corrected chi connectivity index (χ0v) is 11.0. The van der Waals surface area contributed by atoms with Crippen LogP contribution >= 0.6 is 0 Å². The molecule has 1 aromatic heterocycles. The van der Waals surface area contributed by atoms with Gasteiger partial charge in [-0.1, -0.05) is 11.6 Å². The fraction of sp³-hybridized carbons (Fsp3) is 0.214. The van der Waals surface area contributed by atoms with Gasteiger partial charge < -0.3 is 9.84 Å². The standard InChI is InChI=1S/C14H14N2O3/c1-8-4-5-12(19-3)10(6-8)13-15-9(2)7-11(16-13)14(17)18/h4-7H,1-3H3,(H,17,18). The van der Waals surface area contributed by atoms with Crippen molar-refractivity contribution in [2.24, 2.45) is 0 Å². The number of hydrogen-bond acceptors (Lipinski definition) is 4. The number of carboxylic acid groups (broad SMARTS) is 1. The van der Waals surface area contributed by atoms with Gasteiger partial charge in [-0.3, -0.25) is 0 Å². The van der Waals surface area contributed by atoms with Crippen molar-refractivity contribution in [3.05, 3.63) is 41.2 Å². The van der Waals surface area contributed by atoms with Crippen LogP contribution in [0.4, 0.5) is 0 Å². The summed E-state index contributed by atoms with van der Waals surface area (Å²) >= 11 is 0. The number of carbonyl (C=O) groups is 1. The number of aryl methyl sites for hydroxylation is 2. The van der Waals surface area contributed by atoms with Crippen molar-refractivity contribution in [2.75, 3.05) is 7.11 Å². The molecule has 0 bridgehead atoms. The van der Waals surface area contributed by atoms with Gasteiger partial charge in [0.2, 0.25) is 0 Å². The minimum absolute atomic E-state index is 0.0222. The SMILES string of the molecule is COc1ccc(C)cc1-c1nc(C)cc(C(=O)O)n1. The second kappa shape index (κ2) is 5.06. The fourth-order valence-electron chi connectivity index (χ4n) is 1.80. The minimum atomic E-state index is -1.07. The largest absolute Gasteiger partial charge is 0.496 e. The molecule has 0 saturated heterocycles. The topological polar surface area (TPSA) is 72.3 Å². The predicted molar refractivity (Wildman–Crippen MR) is 70.5 cm³/mol. The summed E-state index contributed by atoms with van der Waals surface area (Å²) in [5.74, 6) is -0.0936. The molecule has 1 N–H and O–H groups in total. The maximum atomic E-state index is 11.0. The summed E-state index contributed by atoms with van der Waals surface area (Å²) in [5, 5.41) is 9.04. The van der Waals surface area contributed by atoms with Crippen LogP contribution in [0.25, 0.3) is 11.4 Å². The van der Waals surface area contributed by atoms with E-state index >= 15 is 0 Å². The smallest absolute Gasteiger partial charge is 0.354 e. The van der Waals surface area contributed by atoms with Crippen LogP contribution in [0.5, 0.6) is 5.75 Å². The quantitative estimate of drug-likeness (QED) is 0.915. The normalized spacial score (nSPS) is 10.3. The molecule has 0 aliphatic carbocycles. The summed E-state index contributed by atoms with van der Waals surface area (Å²) in [4.78, 5) is 19.4. The van der Waals surface area contributed by atoms with E-state index in [9.17, 15) is 4.79 Å². The molecule has 98 valence electrons. The highest BCUT2D eigenvalue weighted by Gasteiger charge is 2.13. The minimum Gasteiger partial charge on any atom is -0.496 e. The molecule has 1 heterocycles. The van der Waals surface area contributed by atoms with Gasteiger partial charge >= 0.3 is 5.97 Å².